The van der Waals surface area contributed by atoms with Crippen molar-refractivity contribution in [3.05, 3.63) is 170 Å². The number of rotatable bonds is 4. The van der Waals surface area contributed by atoms with Gasteiger partial charge in [0.1, 0.15) is 0 Å². The molecule has 2 heteroatoms. The van der Waals surface area contributed by atoms with Gasteiger partial charge in [-0.15, -0.1) is 0 Å². The van der Waals surface area contributed by atoms with E-state index in [2.05, 4.69) is 163 Å². The third-order valence-corrected chi connectivity index (χ3v) is 9.11. The second-order valence-corrected chi connectivity index (χ2v) is 11.7. The highest BCUT2D eigenvalue weighted by atomic mass is 14.7. The number of hydrogen-bond acceptors (Lipinski definition) is 2. The van der Waals surface area contributed by atoms with E-state index >= 15 is 0 Å². The maximum atomic E-state index is 5.09. The summed E-state index contributed by atoms with van der Waals surface area (Å²) in [7, 11) is 0. The predicted octanol–water partition coefficient (Wildman–Crippen LogP) is 11.8. The van der Waals surface area contributed by atoms with Gasteiger partial charge in [0, 0.05) is 22.5 Å². The van der Waals surface area contributed by atoms with Crippen LogP contribution in [0, 0.1) is 0 Å². The largest absolute Gasteiger partial charge is 0.254 e. The fourth-order valence-corrected chi connectivity index (χ4v) is 6.99. The summed E-state index contributed by atoms with van der Waals surface area (Å²) in [5.74, 6) is 0. The molecule has 0 amide bonds. The van der Waals surface area contributed by atoms with Crippen LogP contribution in [0.5, 0.6) is 0 Å². The Bertz CT molecular complexity index is 2510. The van der Waals surface area contributed by atoms with Gasteiger partial charge in [-0.3, -0.25) is 4.98 Å². The van der Waals surface area contributed by atoms with Gasteiger partial charge in [-0.25, -0.2) is 4.98 Å². The summed E-state index contributed by atoms with van der Waals surface area (Å²) in [6.45, 7) is 0. The van der Waals surface area contributed by atoms with E-state index in [4.69, 9.17) is 4.98 Å². The van der Waals surface area contributed by atoms with E-state index in [1.54, 1.807) is 0 Å². The van der Waals surface area contributed by atoms with Crippen molar-refractivity contribution in [2.24, 2.45) is 0 Å². The van der Waals surface area contributed by atoms with Gasteiger partial charge >= 0.3 is 0 Å². The highest BCUT2D eigenvalue weighted by molar-refractivity contribution is 6.22. The van der Waals surface area contributed by atoms with E-state index in [1.807, 2.05) is 12.3 Å². The van der Waals surface area contributed by atoms with Crippen LogP contribution in [0.1, 0.15) is 0 Å². The first-order valence-corrected chi connectivity index (χ1v) is 15.7. The zero-order valence-corrected chi connectivity index (χ0v) is 25.1. The number of hydrogen-bond donors (Lipinski definition) is 0. The Labute approximate surface area is 267 Å². The zero-order valence-electron chi connectivity index (χ0n) is 25.1. The molecule has 0 aliphatic carbocycles. The van der Waals surface area contributed by atoms with Crippen molar-refractivity contribution in [2.45, 2.75) is 0 Å². The topological polar surface area (TPSA) is 25.8 Å². The summed E-state index contributed by atoms with van der Waals surface area (Å²) in [4.78, 5) is 9.74. The van der Waals surface area contributed by atoms with E-state index in [-0.39, 0.29) is 0 Å². The molecule has 9 aromatic rings. The Kier molecular flexibility index (Phi) is 6.17. The Morgan fingerprint density at radius 2 is 0.870 bits per heavy atom. The van der Waals surface area contributed by atoms with Crippen molar-refractivity contribution in [3.63, 3.8) is 0 Å². The quantitative estimate of drug-likeness (QED) is 0.152. The van der Waals surface area contributed by atoms with Crippen molar-refractivity contribution in [3.8, 4) is 44.6 Å². The highest BCUT2D eigenvalue weighted by Crippen LogP contribution is 2.46. The van der Waals surface area contributed by atoms with Crippen LogP contribution in [-0.4, -0.2) is 9.97 Å². The van der Waals surface area contributed by atoms with Gasteiger partial charge in [0.15, 0.2) is 0 Å². The molecule has 2 nitrogen and oxygen atoms in total. The molecule has 0 aliphatic rings. The van der Waals surface area contributed by atoms with E-state index in [0.29, 0.717) is 0 Å². The van der Waals surface area contributed by atoms with Crippen LogP contribution < -0.4 is 0 Å². The van der Waals surface area contributed by atoms with Crippen LogP contribution in [0.25, 0.3) is 88.0 Å². The minimum Gasteiger partial charge on any atom is -0.254 e. The minimum atomic E-state index is 0.933. The van der Waals surface area contributed by atoms with E-state index < -0.39 is 0 Å². The molecule has 2 aromatic heterocycles. The number of aromatic nitrogens is 2. The first-order valence-electron chi connectivity index (χ1n) is 15.7. The van der Waals surface area contributed by atoms with Gasteiger partial charge in [-0.2, -0.15) is 0 Å². The third-order valence-electron chi connectivity index (χ3n) is 9.11. The molecule has 2 heterocycles. The molecule has 0 atom stereocenters. The number of benzene rings is 7. The molecule has 0 aliphatic heterocycles. The van der Waals surface area contributed by atoms with Crippen LogP contribution in [0.2, 0.25) is 0 Å². The van der Waals surface area contributed by atoms with Crippen molar-refractivity contribution in [1.29, 1.82) is 0 Å². The fraction of sp³-hybridized carbons (Fsp3) is 0. The lowest BCUT2D eigenvalue weighted by atomic mass is 9.84. The Balaban J connectivity index is 1.23. The SMILES string of the molecule is c1ccc(-c2ccccc2-c2c3ccccc3c(-c3ccc(-c4ccc5ccc6cccnc6c5n4)cc3)c3ccccc23)cc1. The molecule has 0 saturated carbocycles. The lowest BCUT2D eigenvalue weighted by molar-refractivity contribution is 1.37. The fourth-order valence-electron chi connectivity index (χ4n) is 6.99. The molecule has 7 aromatic carbocycles. The normalized spacial score (nSPS) is 11.5. The van der Waals surface area contributed by atoms with Gasteiger partial charge in [-0.1, -0.05) is 152 Å². The van der Waals surface area contributed by atoms with Gasteiger partial charge < -0.3 is 0 Å². The molecule has 0 N–H and O–H groups in total. The minimum absolute atomic E-state index is 0.933. The first kappa shape index (κ1) is 26.3. The maximum Gasteiger partial charge on any atom is 0.0972 e. The zero-order chi connectivity index (χ0) is 30.5. The molecular weight excluding hydrogens is 556 g/mol. The molecule has 214 valence electrons. The summed E-state index contributed by atoms with van der Waals surface area (Å²) in [6.07, 6.45) is 1.84. The molecule has 0 saturated heterocycles. The Morgan fingerprint density at radius 1 is 0.326 bits per heavy atom. The summed E-state index contributed by atoms with van der Waals surface area (Å²) in [5, 5.41) is 7.18. The second kappa shape index (κ2) is 10.8. The van der Waals surface area contributed by atoms with Gasteiger partial charge in [-0.05, 0) is 67.1 Å². The van der Waals surface area contributed by atoms with Gasteiger partial charge in [0.25, 0.3) is 0 Å². The molecule has 0 unspecified atom stereocenters. The lowest BCUT2D eigenvalue weighted by Gasteiger charge is -2.19. The summed E-state index contributed by atoms with van der Waals surface area (Å²) in [6, 6.07) is 58.6. The Morgan fingerprint density at radius 3 is 1.57 bits per heavy atom. The number of pyridine rings is 2. The molecule has 0 radical (unpaired) electrons. The standard InChI is InChI=1S/C44H28N2/c1-2-11-29(12-3-1)34-14-4-5-15-35(34)42-38-18-8-6-16-36(38)41(37-17-7-9-19-39(37)42)31-22-20-30(21-23-31)40-27-26-33-25-24-32-13-10-28-45-43(32)44(33)46-40/h1-28H. The average Bonchev–Trinajstić information content (AvgIpc) is 3.14. The van der Waals surface area contributed by atoms with Crippen LogP contribution >= 0.6 is 0 Å². The van der Waals surface area contributed by atoms with Crippen molar-refractivity contribution in [1.82, 2.24) is 9.97 Å². The van der Waals surface area contributed by atoms with Crippen LogP contribution in [-0.2, 0) is 0 Å². The summed E-state index contributed by atoms with van der Waals surface area (Å²) < 4.78 is 0. The van der Waals surface area contributed by atoms with Crippen LogP contribution in [0.3, 0.4) is 0 Å². The summed E-state index contributed by atoms with van der Waals surface area (Å²) in [5.41, 5.74) is 11.3. The third kappa shape index (κ3) is 4.27. The van der Waals surface area contributed by atoms with Crippen LogP contribution in [0.4, 0.5) is 0 Å². The predicted molar refractivity (Wildman–Crippen MR) is 194 cm³/mol. The van der Waals surface area contributed by atoms with Crippen molar-refractivity contribution in [2.75, 3.05) is 0 Å². The second-order valence-electron chi connectivity index (χ2n) is 11.7. The molecule has 0 fully saturated rings. The van der Waals surface area contributed by atoms with Crippen molar-refractivity contribution < 1.29 is 0 Å². The van der Waals surface area contributed by atoms with E-state index in [0.717, 1.165) is 33.1 Å². The monoisotopic (exact) mass is 584 g/mol. The van der Waals surface area contributed by atoms with Crippen LogP contribution in [0.15, 0.2) is 170 Å². The first-order chi connectivity index (χ1) is 22.8. The highest BCUT2D eigenvalue weighted by Gasteiger charge is 2.18. The molecule has 0 bridgehead atoms. The molecule has 46 heavy (non-hydrogen) atoms. The van der Waals surface area contributed by atoms with E-state index in [1.165, 1.54) is 54.9 Å². The molecule has 0 spiro atoms. The maximum absolute atomic E-state index is 5.09. The number of nitrogens with zero attached hydrogens (tertiary/aromatic N) is 2. The Hall–Kier alpha value is -6.12. The smallest absolute Gasteiger partial charge is 0.0972 e. The van der Waals surface area contributed by atoms with Crippen molar-refractivity contribution >= 4 is 43.4 Å². The van der Waals surface area contributed by atoms with E-state index in [9.17, 15) is 0 Å². The average molecular weight is 585 g/mol. The molecule has 9 rings (SSSR count). The van der Waals surface area contributed by atoms with Gasteiger partial charge in [0.05, 0.1) is 16.7 Å². The number of fused-ring (bicyclic) bond motifs is 5. The van der Waals surface area contributed by atoms with Gasteiger partial charge in [0.2, 0.25) is 0 Å². The lowest BCUT2D eigenvalue weighted by Crippen LogP contribution is -1.93. The molecular formula is C44H28N2. The summed E-state index contributed by atoms with van der Waals surface area (Å²) >= 11 is 0.